The summed E-state index contributed by atoms with van der Waals surface area (Å²) in [6.45, 7) is 5.94. The van der Waals surface area contributed by atoms with Crippen molar-refractivity contribution in [2.45, 2.75) is 26.7 Å². The highest BCUT2D eigenvalue weighted by Gasteiger charge is 2.22. The van der Waals surface area contributed by atoms with Crippen molar-refractivity contribution in [3.63, 3.8) is 0 Å². The van der Waals surface area contributed by atoms with Crippen molar-refractivity contribution in [3.8, 4) is 0 Å². The van der Waals surface area contributed by atoms with Crippen LogP contribution < -0.4 is 0 Å². The topological polar surface area (TPSA) is 33.2 Å². The van der Waals surface area contributed by atoms with Gasteiger partial charge in [-0.3, -0.25) is 4.79 Å². The molecule has 82 valence electrons. The van der Waals surface area contributed by atoms with Gasteiger partial charge in [-0.15, -0.1) is 11.3 Å². The van der Waals surface area contributed by atoms with Crippen LogP contribution in [-0.2, 0) is 0 Å². The second-order valence-electron chi connectivity index (χ2n) is 4.27. The van der Waals surface area contributed by atoms with Gasteiger partial charge in [-0.05, 0) is 25.7 Å². The van der Waals surface area contributed by atoms with Crippen LogP contribution in [0.3, 0.4) is 0 Å². The van der Waals surface area contributed by atoms with Crippen LogP contribution in [-0.4, -0.2) is 28.9 Å². The lowest BCUT2D eigenvalue weighted by Crippen LogP contribution is -2.37. The summed E-state index contributed by atoms with van der Waals surface area (Å²) in [4.78, 5) is 18.2. The first kappa shape index (κ1) is 10.6. The van der Waals surface area contributed by atoms with E-state index < -0.39 is 0 Å². The molecule has 1 aromatic heterocycles. The molecule has 1 aliphatic heterocycles. The quantitative estimate of drug-likeness (QED) is 0.733. The number of thiazole rings is 1. The monoisotopic (exact) mass is 224 g/mol. The van der Waals surface area contributed by atoms with E-state index in [1.54, 1.807) is 0 Å². The normalized spacial score (nSPS) is 18.1. The summed E-state index contributed by atoms with van der Waals surface area (Å²) in [5.41, 5.74) is 0.939. The Bertz CT molecular complexity index is 353. The van der Waals surface area contributed by atoms with Crippen molar-refractivity contribution in [1.82, 2.24) is 9.88 Å². The van der Waals surface area contributed by atoms with E-state index in [2.05, 4.69) is 11.9 Å². The van der Waals surface area contributed by atoms with E-state index in [1.807, 2.05) is 17.2 Å². The number of carbonyl (C=O) groups is 1. The lowest BCUT2D eigenvalue weighted by molar-refractivity contribution is 0.0696. The zero-order chi connectivity index (χ0) is 10.8. The maximum Gasteiger partial charge on any atom is 0.282 e. The van der Waals surface area contributed by atoms with Crippen LogP contribution in [0.2, 0.25) is 0 Å². The van der Waals surface area contributed by atoms with E-state index in [0.717, 1.165) is 37.5 Å². The van der Waals surface area contributed by atoms with Crippen molar-refractivity contribution in [1.29, 1.82) is 0 Å². The molecule has 15 heavy (non-hydrogen) atoms. The number of rotatable bonds is 1. The Morgan fingerprint density at radius 2 is 2.20 bits per heavy atom. The fourth-order valence-electron chi connectivity index (χ4n) is 1.80. The summed E-state index contributed by atoms with van der Waals surface area (Å²) in [5, 5.41) is 2.57. The molecule has 4 heteroatoms. The Hall–Kier alpha value is -0.900. The molecule has 0 spiro atoms. The molecule has 0 aliphatic carbocycles. The fraction of sp³-hybridized carbons (Fsp3) is 0.636. The summed E-state index contributed by atoms with van der Waals surface area (Å²) in [5.74, 6) is 0.868. The van der Waals surface area contributed by atoms with Crippen LogP contribution in [0.5, 0.6) is 0 Å². The molecule has 0 unspecified atom stereocenters. The molecule has 0 atom stereocenters. The van der Waals surface area contributed by atoms with Crippen LogP contribution in [0.1, 0.15) is 35.3 Å². The summed E-state index contributed by atoms with van der Waals surface area (Å²) in [7, 11) is 0. The zero-order valence-electron chi connectivity index (χ0n) is 9.19. The number of aryl methyl sites for hydroxylation is 1. The van der Waals surface area contributed by atoms with Gasteiger partial charge in [-0.2, -0.15) is 0 Å². The molecule has 0 bridgehead atoms. The predicted octanol–water partition coefficient (Wildman–Crippen LogP) is 2.32. The number of amides is 1. The molecule has 3 nitrogen and oxygen atoms in total. The van der Waals surface area contributed by atoms with E-state index in [1.165, 1.54) is 11.3 Å². The second kappa shape index (κ2) is 4.31. The summed E-state index contributed by atoms with van der Waals surface area (Å²) in [6.07, 6.45) is 2.24. The van der Waals surface area contributed by atoms with Crippen molar-refractivity contribution < 1.29 is 4.79 Å². The van der Waals surface area contributed by atoms with Gasteiger partial charge in [0, 0.05) is 24.2 Å². The molecular weight excluding hydrogens is 208 g/mol. The molecule has 1 fully saturated rings. The lowest BCUT2D eigenvalue weighted by Gasteiger charge is -2.29. The first-order valence-electron chi connectivity index (χ1n) is 5.38. The van der Waals surface area contributed by atoms with Crippen LogP contribution in [0.25, 0.3) is 0 Å². The smallest absolute Gasteiger partial charge is 0.282 e. The van der Waals surface area contributed by atoms with Gasteiger partial charge in [0.1, 0.15) is 0 Å². The van der Waals surface area contributed by atoms with E-state index >= 15 is 0 Å². The molecule has 1 saturated heterocycles. The largest absolute Gasteiger partial charge is 0.337 e. The Morgan fingerprint density at radius 1 is 1.53 bits per heavy atom. The minimum Gasteiger partial charge on any atom is -0.337 e. The maximum atomic E-state index is 12.0. The number of aromatic nitrogens is 1. The molecular formula is C11H16N2OS. The summed E-state index contributed by atoms with van der Waals surface area (Å²) >= 11 is 1.45. The highest BCUT2D eigenvalue weighted by Crippen LogP contribution is 2.19. The van der Waals surface area contributed by atoms with Crippen LogP contribution >= 0.6 is 11.3 Å². The SMILES string of the molecule is Cc1csc(C(=O)N2CCC(C)CC2)n1. The van der Waals surface area contributed by atoms with Crippen LogP contribution in [0.15, 0.2) is 5.38 Å². The van der Waals surface area contributed by atoms with Gasteiger partial charge in [-0.25, -0.2) is 4.98 Å². The third-order valence-electron chi connectivity index (χ3n) is 2.87. The van der Waals surface area contributed by atoms with E-state index in [0.29, 0.717) is 5.01 Å². The Kier molecular flexibility index (Phi) is 3.05. The summed E-state index contributed by atoms with van der Waals surface area (Å²) < 4.78 is 0. The minimum atomic E-state index is 0.111. The van der Waals surface area contributed by atoms with Gasteiger partial charge in [0.2, 0.25) is 0 Å². The molecule has 1 aliphatic rings. The number of carbonyl (C=O) groups excluding carboxylic acids is 1. The standard InChI is InChI=1S/C11H16N2OS/c1-8-3-5-13(6-4-8)11(14)10-12-9(2)7-15-10/h7-8H,3-6H2,1-2H3. The number of piperidine rings is 1. The Balaban J connectivity index is 2.02. The molecule has 0 N–H and O–H groups in total. The third-order valence-corrected chi connectivity index (χ3v) is 3.82. The van der Waals surface area contributed by atoms with E-state index in [-0.39, 0.29) is 5.91 Å². The van der Waals surface area contributed by atoms with Gasteiger partial charge in [0.15, 0.2) is 5.01 Å². The minimum absolute atomic E-state index is 0.111. The van der Waals surface area contributed by atoms with Gasteiger partial charge in [0.05, 0.1) is 0 Å². The zero-order valence-corrected chi connectivity index (χ0v) is 10.0. The molecule has 0 saturated carbocycles. The van der Waals surface area contributed by atoms with E-state index in [9.17, 15) is 4.79 Å². The maximum absolute atomic E-state index is 12.0. The average molecular weight is 224 g/mol. The van der Waals surface area contributed by atoms with Gasteiger partial charge in [0.25, 0.3) is 5.91 Å². The van der Waals surface area contributed by atoms with E-state index in [4.69, 9.17) is 0 Å². The van der Waals surface area contributed by atoms with Crippen molar-refractivity contribution in [2.24, 2.45) is 5.92 Å². The fourth-order valence-corrected chi connectivity index (χ4v) is 2.56. The van der Waals surface area contributed by atoms with Crippen LogP contribution in [0, 0.1) is 12.8 Å². The number of likely N-dealkylation sites (tertiary alicyclic amines) is 1. The summed E-state index contributed by atoms with van der Waals surface area (Å²) in [6, 6.07) is 0. The van der Waals surface area contributed by atoms with Gasteiger partial charge >= 0.3 is 0 Å². The highest BCUT2D eigenvalue weighted by atomic mass is 32.1. The number of hydrogen-bond donors (Lipinski definition) is 0. The average Bonchev–Trinajstić information content (AvgIpc) is 2.65. The predicted molar refractivity (Wildman–Crippen MR) is 61.2 cm³/mol. The third kappa shape index (κ3) is 2.37. The number of hydrogen-bond acceptors (Lipinski definition) is 3. The second-order valence-corrected chi connectivity index (χ2v) is 5.13. The van der Waals surface area contributed by atoms with Crippen molar-refractivity contribution in [2.75, 3.05) is 13.1 Å². The Morgan fingerprint density at radius 3 is 2.73 bits per heavy atom. The lowest BCUT2D eigenvalue weighted by atomic mass is 9.99. The molecule has 2 heterocycles. The molecule has 0 aromatic carbocycles. The molecule has 2 rings (SSSR count). The molecule has 1 aromatic rings. The Labute approximate surface area is 94.1 Å². The van der Waals surface area contributed by atoms with Gasteiger partial charge < -0.3 is 4.90 Å². The highest BCUT2D eigenvalue weighted by molar-refractivity contribution is 7.11. The van der Waals surface area contributed by atoms with Crippen molar-refractivity contribution >= 4 is 17.2 Å². The van der Waals surface area contributed by atoms with Crippen molar-refractivity contribution in [3.05, 3.63) is 16.1 Å². The first-order chi connectivity index (χ1) is 7.16. The first-order valence-corrected chi connectivity index (χ1v) is 6.26. The molecule has 1 amide bonds. The van der Waals surface area contributed by atoms with Crippen LogP contribution in [0.4, 0.5) is 0 Å². The van der Waals surface area contributed by atoms with Gasteiger partial charge in [-0.1, -0.05) is 6.92 Å². The number of nitrogens with zero attached hydrogens (tertiary/aromatic N) is 2. The molecule has 0 radical (unpaired) electrons.